The van der Waals surface area contributed by atoms with Gasteiger partial charge in [-0.2, -0.15) is 0 Å². The maximum absolute atomic E-state index is 11.9. The lowest BCUT2D eigenvalue weighted by Crippen LogP contribution is -2.40. The van der Waals surface area contributed by atoms with Crippen molar-refractivity contribution < 1.29 is 19.5 Å². The lowest BCUT2D eigenvalue weighted by atomic mass is 9.98. The zero-order chi connectivity index (χ0) is 13.8. The number of carboxylic acid groups (broad SMARTS) is 1. The Balaban J connectivity index is 2.00. The molecule has 0 radical (unpaired) electrons. The van der Waals surface area contributed by atoms with Gasteiger partial charge in [-0.1, -0.05) is 0 Å². The molecule has 1 saturated heterocycles. The molecular weight excluding hydrogens is 250 g/mol. The van der Waals surface area contributed by atoms with Crippen molar-refractivity contribution in [2.45, 2.75) is 12.8 Å². The molecule has 1 fully saturated rings. The van der Waals surface area contributed by atoms with Gasteiger partial charge in [-0.05, 0) is 18.6 Å². The Hall–Kier alpha value is -2.44. The number of nitrogens with zero attached hydrogens (tertiary/aromatic N) is 1. The van der Waals surface area contributed by atoms with E-state index in [2.05, 4.69) is 15.6 Å². The van der Waals surface area contributed by atoms with E-state index in [1.54, 1.807) is 0 Å². The molecule has 0 saturated carbocycles. The Morgan fingerprint density at radius 2 is 2.26 bits per heavy atom. The molecule has 3 N–H and O–H groups in total. The number of aromatic carboxylic acids is 1. The standard InChI is InChI=1S/C12H13N3O4/c16-10-2-1-8(6-14-10)11(17)15-9-5-7(12(18)19)3-4-13-9/h3-5,8H,1-2,6H2,(H,14,16)(H,18,19)(H,13,15,17). The Labute approximate surface area is 109 Å². The molecule has 1 aliphatic heterocycles. The summed E-state index contributed by atoms with van der Waals surface area (Å²) >= 11 is 0. The SMILES string of the molecule is O=C1CCC(C(=O)Nc2cc(C(=O)O)ccn2)CN1. The van der Waals surface area contributed by atoms with E-state index >= 15 is 0 Å². The molecule has 100 valence electrons. The lowest BCUT2D eigenvalue weighted by Gasteiger charge is -2.21. The van der Waals surface area contributed by atoms with Gasteiger partial charge >= 0.3 is 5.97 Å². The predicted octanol–water partition coefficient (Wildman–Crippen LogP) is 0.244. The largest absolute Gasteiger partial charge is 0.478 e. The number of aromatic nitrogens is 1. The molecule has 7 nitrogen and oxygen atoms in total. The first-order valence-electron chi connectivity index (χ1n) is 5.83. The van der Waals surface area contributed by atoms with Crippen LogP contribution in [0, 0.1) is 5.92 Å². The van der Waals surface area contributed by atoms with Gasteiger partial charge in [-0.25, -0.2) is 9.78 Å². The molecule has 1 unspecified atom stereocenters. The van der Waals surface area contributed by atoms with Crippen LogP contribution in [-0.4, -0.2) is 34.4 Å². The number of hydrogen-bond donors (Lipinski definition) is 3. The van der Waals surface area contributed by atoms with Crippen molar-refractivity contribution in [1.82, 2.24) is 10.3 Å². The summed E-state index contributed by atoms with van der Waals surface area (Å²) < 4.78 is 0. The third-order valence-corrected chi connectivity index (χ3v) is 2.89. The van der Waals surface area contributed by atoms with Gasteiger partial charge in [0.1, 0.15) is 5.82 Å². The highest BCUT2D eigenvalue weighted by molar-refractivity contribution is 5.95. The van der Waals surface area contributed by atoms with E-state index in [0.29, 0.717) is 19.4 Å². The van der Waals surface area contributed by atoms with Crippen molar-refractivity contribution in [3.05, 3.63) is 23.9 Å². The molecular formula is C12H13N3O4. The van der Waals surface area contributed by atoms with Gasteiger partial charge in [-0.15, -0.1) is 0 Å². The van der Waals surface area contributed by atoms with E-state index < -0.39 is 5.97 Å². The number of rotatable bonds is 3. The number of hydrogen-bond acceptors (Lipinski definition) is 4. The van der Waals surface area contributed by atoms with Gasteiger partial charge in [0.25, 0.3) is 0 Å². The first-order valence-corrected chi connectivity index (χ1v) is 5.83. The summed E-state index contributed by atoms with van der Waals surface area (Å²) in [5, 5.41) is 14.0. The van der Waals surface area contributed by atoms with Gasteiger partial charge in [0, 0.05) is 19.2 Å². The second-order valence-electron chi connectivity index (χ2n) is 4.26. The number of carbonyl (C=O) groups is 3. The molecule has 0 aliphatic carbocycles. The summed E-state index contributed by atoms with van der Waals surface area (Å²) in [6.07, 6.45) is 2.12. The molecule has 2 amide bonds. The number of carboxylic acids is 1. The van der Waals surface area contributed by atoms with Crippen LogP contribution < -0.4 is 10.6 Å². The zero-order valence-electron chi connectivity index (χ0n) is 10.0. The van der Waals surface area contributed by atoms with Gasteiger partial charge < -0.3 is 15.7 Å². The van der Waals surface area contributed by atoms with Crippen molar-refractivity contribution in [3.8, 4) is 0 Å². The van der Waals surface area contributed by atoms with Crippen LogP contribution in [0.3, 0.4) is 0 Å². The van der Waals surface area contributed by atoms with Gasteiger partial charge in [-0.3, -0.25) is 9.59 Å². The normalized spacial score (nSPS) is 18.5. The molecule has 1 aromatic heterocycles. The van der Waals surface area contributed by atoms with Crippen LogP contribution in [0.1, 0.15) is 23.2 Å². The van der Waals surface area contributed by atoms with Crippen molar-refractivity contribution in [3.63, 3.8) is 0 Å². The maximum atomic E-state index is 11.9. The first kappa shape index (κ1) is 13.0. The second-order valence-corrected chi connectivity index (χ2v) is 4.26. The highest BCUT2D eigenvalue weighted by Gasteiger charge is 2.24. The number of carbonyl (C=O) groups excluding carboxylic acids is 2. The Bertz CT molecular complexity index is 519. The smallest absolute Gasteiger partial charge is 0.335 e. The molecule has 0 bridgehead atoms. The van der Waals surface area contributed by atoms with Crippen molar-refractivity contribution in [1.29, 1.82) is 0 Å². The molecule has 2 rings (SSSR count). The number of nitrogens with one attached hydrogen (secondary N) is 2. The summed E-state index contributed by atoms with van der Waals surface area (Å²) in [7, 11) is 0. The van der Waals surface area contributed by atoms with Crippen LogP contribution in [0.4, 0.5) is 5.82 Å². The number of piperidine rings is 1. The summed E-state index contributed by atoms with van der Waals surface area (Å²) in [4.78, 5) is 37.6. The lowest BCUT2D eigenvalue weighted by molar-refractivity contribution is -0.126. The fourth-order valence-electron chi connectivity index (χ4n) is 1.82. The van der Waals surface area contributed by atoms with Gasteiger partial charge in [0.05, 0.1) is 11.5 Å². The minimum Gasteiger partial charge on any atom is -0.478 e. The molecule has 1 aromatic rings. The van der Waals surface area contributed by atoms with Gasteiger partial charge in [0.15, 0.2) is 0 Å². The fourth-order valence-corrected chi connectivity index (χ4v) is 1.82. The Kier molecular flexibility index (Phi) is 3.74. The molecule has 0 aromatic carbocycles. The van der Waals surface area contributed by atoms with Crippen LogP contribution in [0.5, 0.6) is 0 Å². The number of amides is 2. The highest BCUT2D eigenvalue weighted by atomic mass is 16.4. The van der Waals surface area contributed by atoms with E-state index in [9.17, 15) is 14.4 Å². The van der Waals surface area contributed by atoms with Crippen LogP contribution >= 0.6 is 0 Å². The van der Waals surface area contributed by atoms with Crippen LogP contribution in [0.15, 0.2) is 18.3 Å². The molecule has 7 heteroatoms. The summed E-state index contributed by atoms with van der Waals surface area (Å²) in [5.41, 5.74) is 0.0576. The van der Waals surface area contributed by atoms with Crippen molar-refractivity contribution in [2.24, 2.45) is 5.92 Å². The summed E-state index contributed by atoms with van der Waals surface area (Å²) in [6.45, 7) is 0.295. The predicted molar refractivity (Wildman–Crippen MR) is 65.6 cm³/mol. The van der Waals surface area contributed by atoms with Crippen molar-refractivity contribution in [2.75, 3.05) is 11.9 Å². The molecule has 0 spiro atoms. The summed E-state index contributed by atoms with van der Waals surface area (Å²) in [5.74, 6) is -1.53. The number of pyridine rings is 1. The maximum Gasteiger partial charge on any atom is 0.335 e. The Morgan fingerprint density at radius 1 is 1.47 bits per heavy atom. The van der Waals surface area contributed by atoms with E-state index in [0.717, 1.165) is 0 Å². The molecule has 19 heavy (non-hydrogen) atoms. The monoisotopic (exact) mass is 263 g/mol. The van der Waals surface area contributed by atoms with Crippen molar-refractivity contribution >= 4 is 23.6 Å². The van der Waals surface area contributed by atoms with Crippen LogP contribution in [-0.2, 0) is 9.59 Å². The first-order chi connectivity index (χ1) is 9.06. The average molecular weight is 263 g/mol. The second kappa shape index (κ2) is 5.47. The van der Waals surface area contributed by atoms with Crippen LogP contribution in [0.25, 0.3) is 0 Å². The van der Waals surface area contributed by atoms with E-state index in [1.807, 2.05) is 0 Å². The quantitative estimate of drug-likeness (QED) is 0.724. The van der Waals surface area contributed by atoms with Gasteiger partial charge in [0.2, 0.25) is 11.8 Å². The van der Waals surface area contributed by atoms with E-state index in [4.69, 9.17) is 5.11 Å². The van der Waals surface area contributed by atoms with E-state index in [1.165, 1.54) is 18.3 Å². The minimum atomic E-state index is -1.08. The minimum absolute atomic E-state index is 0.0576. The topological polar surface area (TPSA) is 108 Å². The molecule has 1 atom stereocenters. The summed E-state index contributed by atoms with van der Waals surface area (Å²) in [6, 6.07) is 2.64. The Morgan fingerprint density at radius 3 is 2.89 bits per heavy atom. The van der Waals surface area contributed by atoms with Crippen LogP contribution in [0.2, 0.25) is 0 Å². The molecule has 1 aliphatic rings. The van der Waals surface area contributed by atoms with E-state index in [-0.39, 0.29) is 29.1 Å². The zero-order valence-corrected chi connectivity index (χ0v) is 10.0. The third kappa shape index (κ3) is 3.27. The fraction of sp³-hybridized carbons (Fsp3) is 0.333. The highest BCUT2D eigenvalue weighted by Crippen LogP contribution is 2.14. The average Bonchev–Trinajstić information content (AvgIpc) is 2.39. The number of anilines is 1. The molecule has 2 heterocycles. The third-order valence-electron chi connectivity index (χ3n) is 2.89.